The zero-order valence-corrected chi connectivity index (χ0v) is 10.7. The van der Waals surface area contributed by atoms with E-state index in [2.05, 4.69) is 18.7 Å². The molecule has 94 valence electrons. The zero-order chi connectivity index (χ0) is 12.6. The molecule has 1 heterocycles. The third kappa shape index (κ3) is 2.44. The van der Waals surface area contributed by atoms with Crippen molar-refractivity contribution in [2.75, 3.05) is 18.0 Å². The van der Waals surface area contributed by atoms with E-state index in [1.54, 1.807) is 19.1 Å². The van der Waals surface area contributed by atoms with Gasteiger partial charge in [-0.3, -0.25) is 0 Å². The average Bonchev–Trinajstić information content (AvgIpc) is 2.58. The molecule has 1 N–H and O–H groups in total. The van der Waals surface area contributed by atoms with Crippen molar-refractivity contribution in [3.8, 4) is 0 Å². The standard InChI is InChI=1S/C14H20FNO/c1-9-7-16(8-10(9)2)14-5-4-12(11(3)17)6-13(14)15/h4-6,9-11,17H,7-8H2,1-3H3/t9?,10?,11-/m1/s1. The quantitative estimate of drug-likeness (QED) is 0.854. The molecule has 0 spiro atoms. The predicted octanol–water partition coefficient (Wildman–Crippen LogP) is 2.97. The first kappa shape index (κ1) is 12.4. The second-order valence-electron chi connectivity index (χ2n) is 5.25. The van der Waals surface area contributed by atoms with Crippen molar-refractivity contribution < 1.29 is 9.50 Å². The van der Waals surface area contributed by atoms with E-state index in [9.17, 15) is 9.50 Å². The van der Waals surface area contributed by atoms with Crippen molar-refractivity contribution in [1.82, 2.24) is 0 Å². The molecule has 0 amide bonds. The molecule has 2 unspecified atom stereocenters. The highest BCUT2D eigenvalue weighted by Crippen LogP contribution is 2.30. The molecule has 1 aromatic rings. The summed E-state index contributed by atoms with van der Waals surface area (Å²) in [6.07, 6.45) is -0.616. The highest BCUT2D eigenvalue weighted by atomic mass is 19.1. The van der Waals surface area contributed by atoms with Gasteiger partial charge >= 0.3 is 0 Å². The minimum Gasteiger partial charge on any atom is -0.389 e. The maximum absolute atomic E-state index is 14.0. The fraction of sp³-hybridized carbons (Fsp3) is 0.571. The van der Waals surface area contributed by atoms with E-state index < -0.39 is 6.10 Å². The van der Waals surface area contributed by atoms with Crippen LogP contribution in [0.2, 0.25) is 0 Å². The van der Waals surface area contributed by atoms with Crippen molar-refractivity contribution in [3.63, 3.8) is 0 Å². The summed E-state index contributed by atoms with van der Waals surface area (Å²) in [4.78, 5) is 2.09. The van der Waals surface area contributed by atoms with Gasteiger partial charge in [-0.1, -0.05) is 19.9 Å². The van der Waals surface area contributed by atoms with E-state index in [0.717, 1.165) is 13.1 Å². The minimum atomic E-state index is -0.616. The Bertz CT molecular complexity index is 395. The Morgan fingerprint density at radius 3 is 2.35 bits per heavy atom. The van der Waals surface area contributed by atoms with Gasteiger partial charge in [0.05, 0.1) is 11.8 Å². The summed E-state index contributed by atoms with van der Waals surface area (Å²) >= 11 is 0. The molecule has 0 saturated carbocycles. The summed E-state index contributed by atoms with van der Waals surface area (Å²) < 4.78 is 14.0. The molecule has 1 fully saturated rings. The SMILES string of the molecule is CC1CN(c2ccc([C@@H](C)O)cc2F)CC1C. The van der Waals surface area contributed by atoms with E-state index in [4.69, 9.17) is 0 Å². The smallest absolute Gasteiger partial charge is 0.146 e. The average molecular weight is 237 g/mol. The van der Waals surface area contributed by atoms with Gasteiger partial charge in [-0.15, -0.1) is 0 Å². The molecule has 0 radical (unpaired) electrons. The van der Waals surface area contributed by atoms with Crippen LogP contribution in [0, 0.1) is 17.7 Å². The van der Waals surface area contributed by atoms with E-state index >= 15 is 0 Å². The fourth-order valence-electron chi connectivity index (χ4n) is 2.37. The number of anilines is 1. The van der Waals surface area contributed by atoms with Crippen LogP contribution in [0.3, 0.4) is 0 Å². The van der Waals surface area contributed by atoms with Gasteiger partial charge < -0.3 is 10.0 Å². The van der Waals surface area contributed by atoms with E-state index in [-0.39, 0.29) is 5.82 Å². The summed E-state index contributed by atoms with van der Waals surface area (Å²) in [5.74, 6) is 0.974. The van der Waals surface area contributed by atoms with Crippen molar-refractivity contribution in [3.05, 3.63) is 29.6 Å². The van der Waals surface area contributed by atoms with Gasteiger partial charge in [0.25, 0.3) is 0 Å². The first-order valence-corrected chi connectivity index (χ1v) is 6.21. The van der Waals surface area contributed by atoms with Gasteiger partial charge in [0.2, 0.25) is 0 Å². The number of halogens is 1. The van der Waals surface area contributed by atoms with Gasteiger partial charge in [-0.2, -0.15) is 0 Å². The molecule has 17 heavy (non-hydrogen) atoms. The molecule has 1 saturated heterocycles. The maximum atomic E-state index is 14.0. The van der Waals surface area contributed by atoms with E-state index in [1.165, 1.54) is 6.07 Å². The Balaban J connectivity index is 2.23. The molecule has 0 aliphatic carbocycles. The lowest BCUT2D eigenvalue weighted by Crippen LogP contribution is -2.20. The van der Waals surface area contributed by atoms with Crippen LogP contribution in [0.4, 0.5) is 10.1 Å². The van der Waals surface area contributed by atoms with Crippen LogP contribution in [-0.4, -0.2) is 18.2 Å². The Hall–Kier alpha value is -1.09. The lowest BCUT2D eigenvalue weighted by atomic mass is 10.0. The van der Waals surface area contributed by atoms with Crippen molar-refractivity contribution in [2.24, 2.45) is 11.8 Å². The first-order valence-electron chi connectivity index (χ1n) is 6.21. The minimum absolute atomic E-state index is 0.232. The molecular formula is C14H20FNO. The molecule has 3 atom stereocenters. The summed E-state index contributed by atoms with van der Waals surface area (Å²) in [6.45, 7) is 7.87. The van der Waals surface area contributed by atoms with Gasteiger partial charge in [0, 0.05) is 13.1 Å². The summed E-state index contributed by atoms with van der Waals surface area (Å²) in [7, 11) is 0. The molecule has 1 aliphatic rings. The van der Waals surface area contributed by atoms with Crippen LogP contribution >= 0.6 is 0 Å². The molecule has 0 bridgehead atoms. The number of hydrogen-bond acceptors (Lipinski definition) is 2. The number of aliphatic hydroxyl groups excluding tert-OH is 1. The largest absolute Gasteiger partial charge is 0.389 e. The molecule has 0 aromatic heterocycles. The van der Waals surface area contributed by atoms with Gasteiger partial charge in [0.1, 0.15) is 5.82 Å². The number of aliphatic hydroxyl groups is 1. The highest BCUT2D eigenvalue weighted by molar-refractivity contribution is 5.50. The van der Waals surface area contributed by atoms with Crippen molar-refractivity contribution in [1.29, 1.82) is 0 Å². The van der Waals surface area contributed by atoms with Crippen LogP contribution in [0.25, 0.3) is 0 Å². The first-order chi connectivity index (χ1) is 7.99. The summed E-state index contributed by atoms with van der Waals surface area (Å²) in [5, 5.41) is 9.41. The Morgan fingerprint density at radius 2 is 1.88 bits per heavy atom. The van der Waals surface area contributed by atoms with Crippen molar-refractivity contribution >= 4 is 5.69 Å². The molecule has 2 rings (SSSR count). The second-order valence-corrected chi connectivity index (χ2v) is 5.25. The summed E-state index contributed by atoms with van der Waals surface area (Å²) in [6, 6.07) is 5.02. The zero-order valence-electron chi connectivity index (χ0n) is 10.7. The third-order valence-electron chi connectivity index (χ3n) is 3.78. The second kappa shape index (κ2) is 4.65. The van der Waals surface area contributed by atoms with Crippen molar-refractivity contribution in [2.45, 2.75) is 26.9 Å². The highest BCUT2D eigenvalue weighted by Gasteiger charge is 2.27. The van der Waals surface area contributed by atoms with Gasteiger partial charge in [-0.25, -0.2) is 4.39 Å². The molecule has 1 aliphatic heterocycles. The van der Waals surface area contributed by atoms with Crippen LogP contribution in [-0.2, 0) is 0 Å². The maximum Gasteiger partial charge on any atom is 0.146 e. The van der Waals surface area contributed by atoms with Crippen LogP contribution in [0.5, 0.6) is 0 Å². The number of rotatable bonds is 2. The number of benzene rings is 1. The fourth-order valence-corrected chi connectivity index (χ4v) is 2.37. The Morgan fingerprint density at radius 1 is 1.29 bits per heavy atom. The number of hydrogen-bond donors (Lipinski definition) is 1. The van der Waals surface area contributed by atoms with Crippen LogP contribution in [0.15, 0.2) is 18.2 Å². The monoisotopic (exact) mass is 237 g/mol. The topological polar surface area (TPSA) is 23.5 Å². The predicted molar refractivity (Wildman–Crippen MR) is 67.6 cm³/mol. The lowest BCUT2D eigenvalue weighted by Gasteiger charge is -2.20. The number of nitrogens with zero attached hydrogens (tertiary/aromatic N) is 1. The van der Waals surface area contributed by atoms with Gasteiger partial charge in [0.15, 0.2) is 0 Å². The Labute approximate surface area is 102 Å². The molecule has 2 nitrogen and oxygen atoms in total. The molecule has 1 aromatic carbocycles. The summed E-state index contributed by atoms with van der Waals surface area (Å²) in [5.41, 5.74) is 1.29. The van der Waals surface area contributed by atoms with E-state index in [0.29, 0.717) is 23.1 Å². The third-order valence-corrected chi connectivity index (χ3v) is 3.78. The van der Waals surface area contributed by atoms with E-state index in [1.807, 2.05) is 0 Å². The van der Waals surface area contributed by atoms with Crippen LogP contribution in [0.1, 0.15) is 32.4 Å². The molecular weight excluding hydrogens is 217 g/mol. The van der Waals surface area contributed by atoms with Crippen LogP contribution < -0.4 is 4.90 Å². The molecule has 3 heteroatoms. The normalized spacial score (nSPS) is 26.3. The lowest BCUT2D eigenvalue weighted by molar-refractivity contribution is 0.199. The van der Waals surface area contributed by atoms with Gasteiger partial charge in [-0.05, 0) is 36.5 Å². The Kier molecular flexibility index (Phi) is 3.38.